The lowest BCUT2D eigenvalue weighted by Crippen LogP contribution is -2.40. The molecule has 1 aliphatic rings. The molecule has 1 N–H and O–H groups in total. The van der Waals surface area contributed by atoms with Crippen molar-refractivity contribution in [3.63, 3.8) is 0 Å². The summed E-state index contributed by atoms with van der Waals surface area (Å²) in [5.41, 5.74) is -0.580. The maximum atomic E-state index is 12.9. The number of anilines is 1. The normalized spacial score (nSPS) is 15.2. The standard InChI is InChI=1S/C19H19F3N4O3/c20-19(21,22)15-1-2-16(17(11-15)26(28)29)25-9-5-14(6-10-25)18(27)24-12-13-3-7-23-8-4-13/h1-4,7-8,11,14H,5-6,9-10,12H2,(H,24,27). The Morgan fingerprint density at radius 1 is 1.21 bits per heavy atom. The molecule has 7 nitrogen and oxygen atoms in total. The molecule has 0 radical (unpaired) electrons. The van der Waals surface area contributed by atoms with E-state index >= 15 is 0 Å². The van der Waals surface area contributed by atoms with Crippen LogP contribution in [0.4, 0.5) is 24.5 Å². The first-order chi connectivity index (χ1) is 13.8. The Morgan fingerprint density at radius 2 is 1.86 bits per heavy atom. The maximum Gasteiger partial charge on any atom is 0.416 e. The van der Waals surface area contributed by atoms with Crippen molar-refractivity contribution in [3.8, 4) is 0 Å². The Hall–Kier alpha value is -3.17. The van der Waals surface area contributed by atoms with E-state index in [2.05, 4.69) is 10.3 Å². The molecule has 0 atom stereocenters. The van der Waals surface area contributed by atoms with Gasteiger partial charge in [-0.2, -0.15) is 13.2 Å². The predicted octanol–water partition coefficient (Wildman–Crippen LogP) is 3.54. The molecule has 0 aliphatic carbocycles. The van der Waals surface area contributed by atoms with Gasteiger partial charge in [-0.05, 0) is 42.7 Å². The number of amides is 1. The first kappa shape index (κ1) is 20.6. The number of carbonyl (C=O) groups is 1. The van der Waals surface area contributed by atoms with Crippen molar-refractivity contribution < 1.29 is 22.9 Å². The zero-order valence-corrected chi connectivity index (χ0v) is 15.4. The van der Waals surface area contributed by atoms with E-state index in [1.54, 1.807) is 29.4 Å². The number of pyridine rings is 1. The smallest absolute Gasteiger partial charge is 0.366 e. The molecule has 154 valence electrons. The topological polar surface area (TPSA) is 88.4 Å². The zero-order valence-electron chi connectivity index (χ0n) is 15.4. The summed E-state index contributed by atoms with van der Waals surface area (Å²) in [6.45, 7) is 1.07. The molecule has 10 heteroatoms. The molecule has 0 spiro atoms. The van der Waals surface area contributed by atoms with E-state index in [0.29, 0.717) is 38.5 Å². The summed E-state index contributed by atoms with van der Waals surface area (Å²) in [6, 6.07) is 6.13. The number of nitro benzene ring substituents is 1. The van der Waals surface area contributed by atoms with Crippen LogP contribution in [0, 0.1) is 16.0 Å². The van der Waals surface area contributed by atoms with Crippen LogP contribution < -0.4 is 10.2 Å². The van der Waals surface area contributed by atoms with Gasteiger partial charge in [0.2, 0.25) is 5.91 Å². The third kappa shape index (κ3) is 5.01. The van der Waals surface area contributed by atoms with E-state index < -0.39 is 22.4 Å². The van der Waals surface area contributed by atoms with Crippen LogP contribution in [0.3, 0.4) is 0 Å². The number of hydrogen-bond acceptors (Lipinski definition) is 5. The van der Waals surface area contributed by atoms with Gasteiger partial charge in [-0.1, -0.05) is 0 Å². The average Bonchev–Trinajstić information content (AvgIpc) is 2.71. The molecular weight excluding hydrogens is 389 g/mol. The van der Waals surface area contributed by atoms with E-state index in [1.165, 1.54) is 0 Å². The zero-order chi connectivity index (χ0) is 21.0. The molecular formula is C19H19F3N4O3. The first-order valence-corrected chi connectivity index (χ1v) is 9.03. The van der Waals surface area contributed by atoms with Crippen molar-refractivity contribution in [2.45, 2.75) is 25.6 Å². The highest BCUT2D eigenvalue weighted by Gasteiger charge is 2.34. The summed E-state index contributed by atoms with van der Waals surface area (Å²) >= 11 is 0. The van der Waals surface area contributed by atoms with Gasteiger partial charge in [-0.3, -0.25) is 19.9 Å². The number of alkyl halides is 3. The summed E-state index contributed by atoms with van der Waals surface area (Å²) in [7, 11) is 0. The molecule has 1 aromatic heterocycles. The fourth-order valence-electron chi connectivity index (χ4n) is 3.33. The number of halogens is 3. The SMILES string of the molecule is O=C(NCc1ccncc1)C1CCN(c2ccc(C(F)(F)F)cc2[N+](=O)[O-])CC1. The number of nitro groups is 1. The molecule has 1 amide bonds. The predicted molar refractivity (Wildman–Crippen MR) is 99.1 cm³/mol. The summed E-state index contributed by atoms with van der Waals surface area (Å²) < 4.78 is 38.6. The van der Waals surface area contributed by atoms with E-state index in [4.69, 9.17) is 0 Å². The maximum absolute atomic E-state index is 12.9. The lowest BCUT2D eigenvalue weighted by Gasteiger charge is -2.32. The molecule has 2 heterocycles. The minimum atomic E-state index is -4.65. The van der Waals surface area contributed by atoms with E-state index in [-0.39, 0.29) is 17.5 Å². The lowest BCUT2D eigenvalue weighted by atomic mass is 9.95. The summed E-state index contributed by atoms with van der Waals surface area (Å²) in [5.74, 6) is -0.357. The molecule has 1 saturated heterocycles. The quantitative estimate of drug-likeness (QED) is 0.604. The van der Waals surface area contributed by atoms with Crippen LogP contribution in [0.5, 0.6) is 0 Å². The van der Waals surface area contributed by atoms with Gasteiger partial charge in [0.15, 0.2) is 0 Å². The Balaban J connectivity index is 1.63. The fourth-order valence-corrected chi connectivity index (χ4v) is 3.33. The lowest BCUT2D eigenvalue weighted by molar-refractivity contribution is -0.384. The highest BCUT2D eigenvalue weighted by atomic mass is 19.4. The Morgan fingerprint density at radius 3 is 2.45 bits per heavy atom. The molecule has 29 heavy (non-hydrogen) atoms. The van der Waals surface area contributed by atoms with E-state index in [1.807, 2.05) is 0 Å². The van der Waals surface area contributed by atoms with Gasteiger partial charge in [-0.15, -0.1) is 0 Å². The molecule has 1 aliphatic heterocycles. The van der Waals surface area contributed by atoms with Gasteiger partial charge in [0.25, 0.3) is 5.69 Å². The molecule has 1 fully saturated rings. The number of aromatic nitrogens is 1. The van der Waals surface area contributed by atoms with Gasteiger partial charge in [0.05, 0.1) is 10.5 Å². The van der Waals surface area contributed by atoms with Crippen molar-refractivity contribution in [3.05, 3.63) is 64.0 Å². The van der Waals surface area contributed by atoms with Crippen LogP contribution in [-0.2, 0) is 17.5 Å². The number of nitrogens with one attached hydrogen (secondary N) is 1. The summed E-state index contributed by atoms with van der Waals surface area (Å²) in [6.07, 6.45) is -0.461. The van der Waals surface area contributed by atoms with Crippen LogP contribution in [0.15, 0.2) is 42.7 Å². The average molecular weight is 408 g/mol. The molecule has 2 aromatic rings. The third-order valence-electron chi connectivity index (χ3n) is 4.92. The Kier molecular flexibility index (Phi) is 6.00. The van der Waals surface area contributed by atoms with Crippen molar-refractivity contribution >= 4 is 17.3 Å². The van der Waals surface area contributed by atoms with Crippen molar-refractivity contribution in [1.29, 1.82) is 0 Å². The minimum absolute atomic E-state index is 0.108. The Bertz CT molecular complexity index is 882. The van der Waals surface area contributed by atoms with Crippen molar-refractivity contribution in [2.24, 2.45) is 5.92 Å². The van der Waals surface area contributed by atoms with Gasteiger partial charge < -0.3 is 10.2 Å². The van der Waals surface area contributed by atoms with Gasteiger partial charge in [0, 0.05) is 44.0 Å². The van der Waals surface area contributed by atoms with Crippen molar-refractivity contribution in [1.82, 2.24) is 10.3 Å². The highest BCUT2D eigenvalue weighted by Crippen LogP contribution is 2.37. The first-order valence-electron chi connectivity index (χ1n) is 9.03. The fraction of sp³-hybridized carbons (Fsp3) is 0.368. The molecule has 0 bridgehead atoms. The van der Waals surface area contributed by atoms with Gasteiger partial charge >= 0.3 is 6.18 Å². The molecule has 0 unspecified atom stereocenters. The van der Waals surface area contributed by atoms with Crippen LogP contribution in [0.25, 0.3) is 0 Å². The molecule has 1 aromatic carbocycles. The van der Waals surface area contributed by atoms with Crippen LogP contribution in [0.1, 0.15) is 24.0 Å². The van der Waals surface area contributed by atoms with Crippen LogP contribution in [-0.4, -0.2) is 28.9 Å². The number of benzene rings is 1. The summed E-state index contributed by atoms with van der Waals surface area (Å²) in [4.78, 5) is 28.4. The van der Waals surface area contributed by atoms with Crippen LogP contribution >= 0.6 is 0 Å². The largest absolute Gasteiger partial charge is 0.416 e. The minimum Gasteiger partial charge on any atom is -0.366 e. The van der Waals surface area contributed by atoms with Crippen LogP contribution in [0.2, 0.25) is 0 Å². The highest BCUT2D eigenvalue weighted by molar-refractivity contribution is 5.79. The second kappa shape index (κ2) is 8.46. The molecule has 0 saturated carbocycles. The number of piperidine rings is 1. The number of rotatable bonds is 5. The second-order valence-corrected chi connectivity index (χ2v) is 6.79. The number of carbonyl (C=O) groups excluding carboxylic acids is 1. The van der Waals surface area contributed by atoms with E-state index in [0.717, 1.165) is 17.7 Å². The van der Waals surface area contributed by atoms with Gasteiger partial charge in [0.1, 0.15) is 5.69 Å². The number of hydrogen-bond donors (Lipinski definition) is 1. The number of nitrogens with zero attached hydrogens (tertiary/aromatic N) is 3. The third-order valence-corrected chi connectivity index (χ3v) is 4.92. The molecule has 3 rings (SSSR count). The summed E-state index contributed by atoms with van der Waals surface area (Å²) in [5, 5.41) is 14.1. The Labute approximate surface area is 164 Å². The van der Waals surface area contributed by atoms with Gasteiger partial charge in [-0.25, -0.2) is 0 Å². The van der Waals surface area contributed by atoms with Crippen molar-refractivity contribution in [2.75, 3.05) is 18.0 Å². The second-order valence-electron chi connectivity index (χ2n) is 6.79. The van der Waals surface area contributed by atoms with E-state index in [9.17, 15) is 28.1 Å². The monoisotopic (exact) mass is 408 g/mol.